The molecule has 0 bridgehead atoms. The number of rotatable bonds is 0. The fourth-order valence-electron chi connectivity index (χ4n) is 1.81. The van der Waals surface area contributed by atoms with Gasteiger partial charge in [-0.05, 0) is 26.2 Å². The Labute approximate surface area is 95.4 Å². The monoisotopic (exact) mass is 219 g/mol. The Morgan fingerprint density at radius 3 is 2.69 bits per heavy atom. The fourth-order valence-corrected chi connectivity index (χ4v) is 1.81. The van der Waals surface area contributed by atoms with E-state index in [-0.39, 0.29) is 0 Å². The Morgan fingerprint density at radius 1 is 0.938 bits per heavy atom. The summed E-state index contributed by atoms with van der Waals surface area (Å²) in [7, 11) is 0. The Bertz CT molecular complexity index is 375. The predicted octanol–water partition coefficient (Wildman–Crippen LogP) is 2.77. The first-order valence-corrected chi connectivity index (χ1v) is 5.94. The average molecular weight is 219 g/mol. The molecule has 0 aromatic carbocycles. The minimum atomic E-state index is 0.604. The quantitative estimate of drug-likeness (QED) is 0.674. The zero-order valence-electron chi connectivity index (χ0n) is 9.69. The summed E-state index contributed by atoms with van der Waals surface area (Å²) in [5.74, 6) is 1.32. The van der Waals surface area contributed by atoms with E-state index in [1.165, 1.54) is 19.3 Å². The van der Waals surface area contributed by atoms with E-state index in [1.807, 2.05) is 6.92 Å². The van der Waals surface area contributed by atoms with Crippen molar-refractivity contribution in [2.24, 2.45) is 10.2 Å². The van der Waals surface area contributed by atoms with Gasteiger partial charge in [-0.25, -0.2) is 4.98 Å². The van der Waals surface area contributed by atoms with Gasteiger partial charge < -0.3 is 0 Å². The van der Waals surface area contributed by atoms with Crippen LogP contribution in [0.2, 0.25) is 0 Å². The Morgan fingerprint density at radius 2 is 1.75 bits per heavy atom. The Kier molecular flexibility index (Phi) is 3.91. The lowest BCUT2D eigenvalue weighted by molar-refractivity contribution is 0.615. The summed E-state index contributed by atoms with van der Waals surface area (Å²) in [6.07, 6.45) is 6.98. The molecule has 1 aliphatic rings. The molecule has 0 unspecified atom stereocenters. The number of hydrogen-bond acceptors (Lipinski definition) is 5. The van der Waals surface area contributed by atoms with Gasteiger partial charge >= 0.3 is 0 Å². The van der Waals surface area contributed by atoms with Crippen molar-refractivity contribution in [2.45, 2.75) is 45.4 Å². The maximum Gasteiger partial charge on any atom is 0.217 e. The number of hydrogen-bond donors (Lipinski definition) is 0. The summed E-state index contributed by atoms with van der Waals surface area (Å²) >= 11 is 0. The van der Waals surface area contributed by atoms with E-state index < -0.39 is 0 Å². The molecule has 0 saturated heterocycles. The van der Waals surface area contributed by atoms with Crippen molar-refractivity contribution in [1.82, 2.24) is 15.2 Å². The molecule has 0 amide bonds. The van der Waals surface area contributed by atoms with E-state index in [2.05, 4.69) is 25.4 Å². The Hall–Kier alpha value is -1.39. The molecule has 0 atom stereocenters. The molecule has 0 N–H and O–H groups in total. The van der Waals surface area contributed by atoms with E-state index >= 15 is 0 Å². The van der Waals surface area contributed by atoms with Crippen LogP contribution in [0.5, 0.6) is 0 Å². The van der Waals surface area contributed by atoms with Crippen LogP contribution in [0.4, 0.5) is 5.82 Å². The van der Waals surface area contributed by atoms with Crippen molar-refractivity contribution in [2.75, 3.05) is 6.54 Å². The summed E-state index contributed by atoms with van der Waals surface area (Å²) in [6, 6.07) is 0. The van der Waals surface area contributed by atoms with E-state index in [9.17, 15) is 0 Å². The largest absolute Gasteiger partial charge is 0.232 e. The van der Waals surface area contributed by atoms with Gasteiger partial charge in [0.2, 0.25) is 5.82 Å². The smallest absolute Gasteiger partial charge is 0.217 e. The molecule has 0 saturated carbocycles. The maximum atomic E-state index is 4.39. The van der Waals surface area contributed by atoms with Crippen LogP contribution in [0.1, 0.15) is 43.6 Å². The zero-order valence-corrected chi connectivity index (χ0v) is 9.69. The Balaban J connectivity index is 2.20. The molecule has 5 heteroatoms. The van der Waals surface area contributed by atoms with Crippen LogP contribution in [0.15, 0.2) is 10.2 Å². The van der Waals surface area contributed by atoms with E-state index in [0.717, 1.165) is 31.5 Å². The summed E-state index contributed by atoms with van der Waals surface area (Å²) in [4.78, 5) is 4.39. The van der Waals surface area contributed by atoms with Gasteiger partial charge in [-0.2, -0.15) is 5.11 Å². The van der Waals surface area contributed by atoms with Crippen LogP contribution >= 0.6 is 0 Å². The minimum Gasteiger partial charge on any atom is -0.232 e. The summed E-state index contributed by atoms with van der Waals surface area (Å²) < 4.78 is 0. The van der Waals surface area contributed by atoms with Crippen molar-refractivity contribution >= 4 is 5.82 Å². The molecule has 5 nitrogen and oxygen atoms in total. The van der Waals surface area contributed by atoms with Crippen molar-refractivity contribution in [1.29, 1.82) is 0 Å². The van der Waals surface area contributed by atoms with Gasteiger partial charge in [-0.1, -0.05) is 19.3 Å². The molecule has 0 fully saturated rings. The molecular weight excluding hydrogens is 202 g/mol. The highest BCUT2D eigenvalue weighted by Gasteiger charge is 2.07. The van der Waals surface area contributed by atoms with E-state index in [4.69, 9.17) is 0 Å². The SMILES string of the molecule is Cc1nnc2c(n1)CCCCCCCN=N2. The van der Waals surface area contributed by atoms with E-state index in [1.54, 1.807) is 0 Å². The molecular formula is C11H17N5. The van der Waals surface area contributed by atoms with Gasteiger partial charge in [0.25, 0.3) is 0 Å². The number of aryl methyl sites for hydroxylation is 2. The molecule has 0 spiro atoms. The zero-order chi connectivity index (χ0) is 11.2. The lowest BCUT2D eigenvalue weighted by atomic mass is 10.1. The van der Waals surface area contributed by atoms with Crippen molar-refractivity contribution < 1.29 is 0 Å². The molecule has 1 aliphatic heterocycles. The second-order valence-corrected chi connectivity index (χ2v) is 4.11. The van der Waals surface area contributed by atoms with Gasteiger partial charge in [0, 0.05) is 0 Å². The topological polar surface area (TPSA) is 63.4 Å². The molecule has 2 heterocycles. The molecule has 0 radical (unpaired) electrons. The number of azo groups is 1. The summed E-state index contributed by atoms with van der Waals surface area (Å²) in [5, 5.41) is 16.2. The van der Waals surface area contributed by atoms with Crippen LogP contribution < -0.4 is 0 Å². The minimum absolute atomic E-state index is 0.604. The van der Waals surface area contributed by atoms with Crippen LogP contribution in [-0.2, 0) is 6.42 Å². The van der Waals surface area contributed by atoms with Crippen molar-refractivity contribution in [3.63, 3.8) is 0 Å². The average Bonchev–Trinajstić information content (AvgIpc) is 2.33. The van der Waals surface area contributed by atoms with Crippen LogP contribution in [0.25, 0.3) is 0 Å². The third-order valence-corrected chi connectivity index (χ3v) is 2.68. The van der Waals surface area contributed by atoms with Gasteiger partial charge in [0.1, 0.15) is 5.82 Å². The van der Waals surface area contributed by atoms with Crippen LogP contribution in [-0.4, -0.2) is 21.7 Å². The number of nitrogens with zero attached hydrogens (tertiary/aromatic N) is 5. The van der Waals surface area contributed by atoms with Crippen LogP contribution in [0, 0.1) is 6.92 Å². The van der Waals surface area contributed by atoms with Crippen molar-refractivity contribution in [3.05, 3.63) is 11.5 Å². The number of fused-ring (bicyclic) bond motifs is 1. The molecule has 0 aliphatic carbocycles. The van der Waals surface area contributed by atoms with E-state index in [0.29, 0.717) is 11.6 Å². The summed E-state index contributed by atoms with van der Waals surface area (Å²) in [5.41, 5.74) is 0.943. The first-order chi connectivity index (χ1) is 7.86. The highest BCUT2D eigenvalue weighted by Crippen LogP contribution is 2.18. The van der Waals surface area contributed by atoms with Crippen molar-refractivity contribution in [3.8, 4) is 0 Å². The normalized spacial score (nSPS) is 17.6. The first-order valence-electron chi connectivity index (χ1n) is 5.94. The third kappa shape index (κ3) is 3.05. The second kappa shape index (κ2) is 5.63. The molecule has 1 aromatic heterocycles. The number of aromatic nitrogens is 3. The maximum absolute atomic E-state index is 4.39. The first kappa shape index (κ1) is 11.1. The standard InChI is InChI=1S/C11H17N5/c1-9-13-10-7-5-3-2-4-6-8-12-15-11(10)16-14-9/h2-8H2,1H3. The van der Waals surface area contributed by atoms with Gasteiger partial charge in [-0.15, -0.1) is 15.3 Å². The second-order valence-electron chi connectivity index (χ2n) is 4.11. The lowest BCUT2D eigenvalue weighted by Gasteiger charge is -2.02. The molecule has 1 aromatic rings. The van der Waals surface area contributed by atoms with Gasteiger partial charge in [0.15, 0.2) is 0 Å². The third-order valence-electron chi connectivity index (χ3n) is 2.68. The highest BCUT2D eigenvalue weighted by atomic mass is 15.2. The highest BCUT2D eigenvalue weighted by molar-refractivity contribution is 5.30. The van der Waals surface area contributed by atoms with Gasteiger partial charge in [0.05, 0.1) is 12.2 Å². The van der Waals surface area contributed by atoms with Gasteiger partial charge in [-0.3, -0.25) is 0 Å². The molecule has 86 valence electrons. The summed E-state index contributed by atoms with van der Waals surface area (Å²) in [6.45, 7) is 2.64. The fraction of sp³-hybridized carbons (Fsp3) is 0.727. The molecule has 2 rings (SSSR count). The lowest BCUT2D eigenvalue weighted by Crippen LogP contribution is -1.99. The molecule has 16 heavy (non-hydrogen) atoms. The predicted molar refractivity (Wildman–Crippen MR) is 60.7 cm³/mol. The van der Waals surface area contributed by atoms with Crippen LogP contribution in [0.3, 0.4) is 0 Å².